The maximum atomic E-state index is 13.1. The standard InChI is InChI=1S/C27H22N2O5/c1-33-20-13-11-19(12-14-20)28(27(32)23-10-4-17-34-23)15-5-16-29-25(30)21-8-2-6-18-7-3-9-22(24(18)21)26(29)31/h2-4,6-14,17H,5,15-16H2,1H3. The number of imide groups is 1. The molecule has 0 aliphatic carbocycles. The molecule has 0 atom stereocenters. The molecule has 0 radical (unpaired) electrons. The Kier molecular flexibility index (Phi) is 5.59. The number of carbonyl (C=O) groups excluding carboxylic acids is 3. The molecule has 0 fully saturated rings. The summed E-state index contributed by atoms with van der Waals surface area (Å²) in [6.07, 6.45) is 1.84. The van der Waals surface area contributed by atoms with E-state index in [9.17, 15) is 14.4 Å². The van der Waals surface area contributed by atoms with Gasteiger partial charge >= 0.3 is 0 Å². The van der Waals surface area contributed by atoms with E-state index in [0.29, 0.717) is 34.4 Å². The number of hydrogen-bond acceptors (Lipinski definition) is 5. The van der Waals surface area contributed by atoms with Gasteiger partial charge in [-0.3, -0.25) is 19.3 Å². The second-order valence-electron chi connectivity index (χ2n) is 7.96. The number of nitrogens with zero attached hydrogens (tertiary/aromatic N) is 2. The van der Waals surface area contributed by atoms with Crippen LogP contribution in [0.25, 0.3) is 10.8 Å². The first kappa shape index (κ1) is 21.5. The van der Waals surface area contributed by atoms with E-state index in [-0.39, 0.29) is 36.6 Å². The van der Waals surface area contributed by atoms with Crippen LogP contribution in [0.5, 0.6) is 5.75 Å². The van der Waals surface area contributed by atoms with Gasteiger partial charge in [-0.05, 0) is 60.3 Å². The Bertz CT molecular complexity index is 1330. The molecule has 0 saturated heterocycles. The van der Waals surface area contributed by atoms with Crippen molar-refractivity contribution in [1.29, 1.82) is 0 Å². The summed E-state index contributed by atoms with van der Waals surface area (Å²) in [6, 6.07) is 21.3. The van der Waals surface area contributed by atoms with Gasteiger partial charge in [0, 0.05) is 35.3 Å². The zero-order valence-corrected chi connectivity index (χ0v) is 18.6. The lowest BCUT2D eigenvalue weighted by Crippen LogP contribution is -2.42. The highest BCUT2D eigenvalue weighted by Gasteiger charge is 2.32. The van der Waals surface area contributed by atoms with Crippen LogP contribution in [0.3, 0.4) is 0 Å². The first-order valence-corrected chi connectivity index (χ1v) is 11.0. The maximum Gasteiger partial charge on any atom is 0.293 e. The molecule has 3 amide bonds. The van der Waals surface area contributed by atoms with Crippen LogP contribution < -0.4 is 9.64 Å². The molecule has 1 aliphatic heterocycles. The van der Waals surface area contributed by atoms with E-state index >= 15 is 0 Å². The molecule has 7 heteroatoms. The second kappa shape index (κ2) is 8.86. The average molecular weight is 454 g/mol. The topological polar surface area (TPSA) is 80.1 Å². The van der Waals surface area contributed by atoms with Gasteiger partial charge in [0.15, 0.2) is 5.76 Å². The van der Waals surface area contributed by atoms with Gasteiger partial charge in [0.1, 0.15) is 5.75 Å². The van der Waals surface area contributed by atoms with Crippen molar-refractivity contribution in [3.63, 3.8) is 0 Å². The number of amides is 3. The smallest absolute Gasteiger partial charge is 0.293 e. The maximum absolute atomic E-state index is 13.1. The molecule has 1 aliphatic rings. The van der Waals surface area contributed by atoms with E-state index in [0.717, 1.165) is 5.39 Å². The Morgan fingerprint density at radius 2 is 1.59 bits per heavy atom. The Hall–Kier alpha value is -4.39. The molecule has 0 N–H and O–H groups in total. The summed E-state index contributed by atoms with van der Waals surface area (Å²) >= 11 is 0. The summed E-state index contributed by atoms with van der Waals surface area (Å²) in [5, 5.41) is 1.56. The van der Waals surface area contributed by atoms with Gasteiger partial charge in [-0.15, -0.1) is 0 Å². The normalized spacial score (nSPS) is 12.8. The molecular formula is C27H22N2O5. The third-order valence-electron chi connectivity index (χ3n) is 5.98. The zero-order chi connectivity index (χ0) is 23.7. The molecule has 170 valence electrons. The fourth-order valence-electron chi connectivity index (χ4n) is 4.31. The third kappa shape index (κ3) is 3.71. The van der Waals surface area contributed by atoms with Crippen molar-refractivity contribution >= 4 is 34.2 Å². The number of methoxy groups -OCH3 is 1. The van der Waals surface area contributed by atoms with Gasteiger partial charge in [-0.25, -0.2) is 0 Å². The predicted molar refractivity (Wildman–Crippen MR) is 127 cm³/mol. The number of carbonyl (C=O) groups is 3. The van der Waals surface area contributed by atoms with Gasteiger partial charge in [0.2, 0.25) is 0 Å². The molecule has 0 saturated carbocycles. The summed E-state index contributed by atoms with van der Waals surface area (Å²) in [5.74, 6) is -0.0556. The van der Waals surface area contributed by atoms with Crippen LogP contribution in [0.4, 0.5) is 5.69 Å². The molecule has 7 nitrogen and oxygen atoms in total. The highest BCUT2D eigenvalue weighted by molar-refractivity contribution is 6.25. The van der Waals surface area contributed by atoms with Crippen molar-refractivity contribution < 1.29 is 23.5 Å². The van der Waals surface area contributed by atoms with Crippen molar-refractivity contribution in [1.82, 2.24) is 4.90 Å². The highest BCUT2D eigenvalue weighted by Crippen LogP contribution is 2.30. The largest absolute Gasteiger partial charge is 0.497 e. The van der Waals surface area contributed by atoms with Crippen LogP contribution >= 0.6 is 0 Å². The van der Waals surface area contributed by atoms with Gasteiger partial charge in [0.05, 0.1) is 13.4 Å². The first-order chi connectivity index (χ1) is 16.6. The Morgan fingerprint density at radius 1 is 0.912 bits per heavy atom. The van der Waals surface area contributed by atoms with E-state index in [1.54, 1.807) is 60.5 Å². The average Bonchev–Trinajstić information content (AvgIpc) is 3.42. The summed E-state index contributed by atoms with van der Waals surface area (Å²) in [5.41, 5.74) is 1.70. The minimum absolute atomic E-state index is 0.181. The van der Waals surface area contributed by atoms with Crippen molar-refractivity contribution in [2.75, 3.05) is 25.1 Å². The molecule has 3 aromatic carbocycles. The molecule has 5 rings (SSSR count). The summed E-state index contributed by atoms with van der Waals surface area (Å²) in [4.78, 5) is 42.2. The lowest BCUT2D eigenvalue weighted by Gasteiger charge is -2.28. The third-order valence-corrected chi connectivity index (χ3v) is 5.98. The number of anilines is 1. The van der Waals surface area contributed by atoms with Gasteiger partial charge in [0.25, 0.3) is 17.7 Å². The van der Waals surface area contributed by atoms with E-state index in [1.165, 1.54) is 11.2 Å². The van der Waals surface area contributed by atoms with Crippen LogP contribution in [0.15, 0.2) is 83.5 Å². The SMILES string of the molecule is COc1ccc(N(CCCN2C(=O)c3cccc4cccc(c34)C2=O)C(=O)c2ccco2)cc1. The molecule has 4 aromatic rings. The van der Waals surface area contributed by atoms with Crippen LogP contribution in [0, 0.1) is 0 Å². The zero-order valence-electron chi connectivity index (χ0n) is 18.6. The second-order valence-corrected chi connectivity index (χ2v) is 7.96. The van der Waals surface area contributed by atoms with E-state index in [1.807, 2.05) is 24.3 Å². The molecule has 0 spiro atoms. The van der Waals surface area contributed by atoms with E-state index < -0.39 is 0 Å². The number of hydrogen-bond donors (Lipinski definition) is 0. The minimum Gasteiger partial charge on any atom is -0.497 e. The van der Waals surface area contributed by atoms with Crippen molar-refractivity contribution in [3.05, 3.63) is 95.9 Å². The van der Waals surface area contributed by atoms with E-state index in [4.69, 9.17) is 9.15 Å². The molecule has 34 heavy (non-hydrogen) atoms. The minimum atomic E-state index is -0.317. The molecule has 2 heterocycles. The van der Waals surface area contributed by atoms with Crippen LogP contribution in [0.2, 0.25) is 0 Å². The highest BCUT2D eigenvalue weighted by atomic mass is 16.5. The molecule has 0 bridgehead atoms. The number of ether oxygens (including phenoxy) is 1. The predicted octanol–water partition coefficient (Wildman–Crippen LogP) is 4.77. The van der Waals surface area contributed by atoms with Gasteiger partial charge < -0.3 is 14.1 Å². The lowest BCUT2D eigenvalue weighted by atomic mass is 9.94. The number of rotatable bonds is 7. The van der Waals surface area contributed by atoms with Crippen molar-refractivity contribution in [2.45, 2.75) is 6.42 Å². The summed E-state index contributed by atoms with van der Waals surface area (Å²) in [7, 11) is 1.58. The quantitative estimate of drug-likeness (QED) is 0.376. The van der Waals surface area contributed by atoms with Gasteiger partial charge in [-0.2, -0.15) is 0 Å². The molecular weight excluding hydrogens is 432 g/mol. The van der Waals surface area contributed by atoms with Crippen LogP contribution in [-0.4, -0.2) is 42.8 Å². The number of benzene rings is 3. The van der Waals surface area contributed by atoms with E-state index in [2.05, 4.69) is 0 Å². The van der Waals surface area contributed by atoms with Crippen LogP contribution in [-0.2, 0) is 0 Å². The fourth-order valence-corrected chi connectivity index (χ4v) is 4.31. The Balaban J connectivity index is 1.37. The number of furan rings is 1. The van der Waals surface area contributed by atoms with Crippen molar-refractivity contribution in [3.8, 4) is 5.75 Å². The van der Waals surface area contributed by atoms with Crippen LogP contribution in [0.1, 0.15) is 37.7 Å². The first-order valence-electron chi connectivity index (χ1n) is 11.0. The lowest BCUT2D eigenvalue weighted by molar-refractivity contribution is 0.0610. The summed E-state index contributed by atoms with van der Waals surface area (Å²) in [6.45, 7) is 0.468. The Labute approximate surface area is 196 Å². The fraction of sp³-hybridized carbons (Fsp3) is 0.148. The molecule has 1 aromatic heterocycles. The van der Waals surface area contributed by atoms with Crippen molar-refractivity contribution in [2.24, 2.45) is 0 Å². The molecule has 0 unspecified atom stereocenters. The monoisotopic (exact) mass is 454 g/mol. The Morgan fingerprint density at radius 3 is 2.18 bits per heavy atom. The summed E-state index contributed by atoms with van der Waals surface area (Å²) < 4.78 is 10.5. The van der Waals surface area contributed by atoms with Gasteiger partial charge in [-0.1, -0.05) is 24.3 Å².